The van der Waals surface area contributed by atoms with Crippen LogP contribution in [0.2, 0.25) is 0 Å². The second kappa shape index (κ2) is 4.40. The summed E-state index contributed by atoms with van der Waals surface area (Å²) in [5, 5.41) is 3.51. The molecule has 1 saturated carbocycles. The molecule has 2 atom stereocenters. The number of nitrogens with two attached hydrogens (primary N) is 1. The van der Waals surface area contributed by atoms with Gasteiger partial charge in [0.1, 0.15) is 0 Å². The second-order valence-electron chi connectivity index (χ2n) is 4.58. The lowest BCUT2D eigenvalue weighted by molar-refractivity contribution is 0.102. The van der Waals surface area contributed by atoms with Crippen molar-refractivity contribution in [1.29, 1.82) is 0 Å². The maximum atomic E-state index is 5.52. The van der Waals surface area contributed by atoms with E-state index < -0.39 is 0 Å². The molecule has 3 nitrogen and oxygen atoms in total. The van der Waals surface area contributed by atoms with E-state index in [9.17, 15) is 0 Å². The van der Waals surface area contributed by atoms with Crippen LogP contribution in [0, 0.1) is 5.41 Å². The van der Waals surface area contributed by atoms with E-state index in [0.29, 0.717) is 18.0 Å². The molecule has 0 radical (unpaired) electrons. The average molecular weight is 186 g/mol. The lowest BCUT2D eigenvalue weighted by Crippen LogP contribution is -2.29. The fourth-order valence-electron chi connectivity index (χ4n) is 1.57. The third-order valence-corrected chi connectivity index (χ3v) is 2.97. The van der Waals surface area contributed by atoms with Crippen molar-refractivity contribution in [1.82, 2.24) is 5.32 Å². The Bertz CT molecular complexity index is 153. The minimum absolute atomic E-state index is 0.217. The first-order chi connectivity index (χ1) is 6.10. The highest BCUT2D eigenvalue weighted by Crippen LogP contribution is 2.44. The summed E-state index contributed by atoms with van der Waals surface area (Å²) in [6.07, 6.45) is 2.53. The van der Waals surface area contributed by atoms with Crippen molar-refractivity contribution < 1.29 is 4.74 Å². The van der Waals surface area contributed by atoms with Crippen LogP contribution in [0.3, 0.4) is 0 Å². The van der Waals surface area contributed by atoms with E-state index in [1.165, 1.54) is 6.42 Å². The average Bonchev–Trinajstić information content (AvgIpc) is 2.68. The van der Waals surface area contributed by atoms with Crippen LogP contribution in [0.4, 0.5) is 0 Å². The van der Waals surface area contributed by atoms with Gasteiger partial charge in [-0.1, -0.05) is 13.8 Å². The predicted octanol–water partition coefficient (Wildman–Crippen LogP) is 0.738. The second-order valence-corrected chi connectivity index (χ2v) is 4.58. The summed E-state index contributed by atoms with van der Waals surface area (Å²) in [6, 6.07) is 0.711. The predicted molar refractivity (Wildman–Crippen MR) is 54.7 cm³/mol. The lowest BCUT2D eigenvalue weighted by Gasteiger charge is -2.13. The van der Waals surface area contributed by atoms with Crippen molar-refractivity contribution >= 4 is 0 Å². The lowest BCUT2D eigenvalue weighted by atomic mass is 10.2. The monoisotopic (exact) mass is 186 g/mol. The number of ether oxygens (including phenoxy) is 1. The van der Waals surface area contributed by atoms with E-state index in [-0.39, 0.29) is 6.10 Å². The zero-order valence-corrected chi connectivity index (χ0v) is 8.97. The minimum atomic E-state index is 0.217. The van der Waals surface area contributed by atoms with Gasteiger partial charge in [0.05, 0.1) is 6.10 Å². The molecule has 0 aromatic carbocycles. The van der Waals surface area contributed by atoms with Gasteiger partial charge in [-0.25, -0.2) is 0 Å². The molecule has 3 heteroatoms. The molecule has 1 fully saturated rings. The Kier molecular flexibility index (Phi) is 3.71. The van der Waals surface area contributed by atoms with Crippen LogP contribution in [0.1, 0.15) is 26.7 Å². The molecule has 1 aliphatic rings. The molecule has 0 aromatic heterocycles. The van der Waals surface area contributed by atoms with Gasteiger partial charge in [-0.3, -0.25) is 0 Å². The number of hydrogen-bond acceptors (Lipinski definition) is 3. The number of hydrogen-bond donors (Lipinski definition) is 2. The smallest absolute Gasteiger partial charge is 0.0705 e. The van der Waals surface area contributed by atoms with Gasteiger partial charge in [-0.15, -0.1) is 0 Å². The fourth-order valence-corrected chi connectivity index (χ4v) is 1.57. The van der Waals surface area contributed by atoms with Gasteiger partial charge >= 0.3 is 0 Å². The first-order valence-corrected chi connectivity index (χ1v) is 5.06. The highest BCUT2D eigenvalue weighted by Gasteiger charge is 2.44. The van der Waals surface area contributed by atoms with E-state index in [1.807, 2.05) is 0 Å². The van der Waals surface area contributed by atoms with E-state index >= 15 is 0 Å². The van der Waals surface area contributed by atoms with Crippen LogP contribution in [0.5, 0.6) is 0 Å². The summed E-state index contributed by atoms with van der Waals surface area (Å²) in [5.74, 6) is 0. The van der Waals surface area contributed by atoms with Crippen molar-refractivity contribution in [3.05, 3.63) is 0 Å². The topological polar surface area (TPSA) is 47.3 Å². The third kappa shape index (κ3) is 3.25. The Morgan fingerprint density at radius 3 is 2.62 bits per heavy atom. The molecule has 2 unspecified atom stereocenters. The molecule has 0 heterocycles. The summed E-state index contributed by atoms with van der Waals surface area (Å²) < 4.78 is 5.19. The zero-order valence-electron chi connectivity index (χ0n) is 8.97. The quantitative estimate of drug-likeness (QED) is 0.643. The van der Waals surface area contributed by atoms with Crippen LogP contribution in [-0.4, -0.2) is 32.3 Å². The van der Waals surface area contributed by atoms with Crippen molar-refractivity contribution in [3.8, 4) is 0 Å². The highest BCUT2D eigenvalue weighted by molar-refractivity contribution is 5.01. The number of methoxy groups -OCH3 is 1. The Morgan fingerprint density at radius 2 is 2.23 bits per heavy atom. The first kappa shape index (κ1) is 11.0. The van der Waals surface area contributed by atoms with Crippen LogP contribution >= 0.6 is 0 Å². The van der Waals surface area contributed by atoms with Gasteiger partial charge in [-0.05, 0) is 24.8 Å². The first-order valence-electron chi connectivity index (χ1n) is 5.06. The molecule has 0 bridgehead atoms. The highest BCUT2D eigenvalue weighted by atomic mass is 16.5. The maximum absolute atomic E-state index is 5.52. The third-order valence-electron chi connectivity index (χ3n) is 2.97. The molecule has 1 rings (SSSR count). The minimum Gasteiger partial charge on any atom is -0.380 e. The van der Waals surface area contributed by atoms with Gasteiger partial charge in [0.15, 0.2) is 0 Å². The van der Waals surface area contributed by atoms with Gasteiger partial charge < -0.3 is 15.8 Å². The van der Waals surface area contributed by atoms with E-state index in [4.69, 9.17) is 10.5 Å². The van der Waals surface area contributed by atoms with Crippen LogP contribution in [0.15, 0.2) is 0 Å². The summed E-state index contributed by atoms with van der Waals surface area (Å²) in [6.45, 7) is 6.22. The van der Waals surface area contributed by atoms with Crippen LogP contribution in [-0.2, 0) is 4.74 Å². The van der Waals surface area contributed by atoms with Gasteiger partial charge in [-0.2, -0.15) is 0 Å². The molecule has 3 N–H and O–H groups in total. The number of nitrogens with one attached hydrogen (secondary N) is 1. The Balaban J connectivity index is 2.01. The Labute approximate surface area is 81.0 Å². The molecule has 0 aromatic rings. The molecule has 0 spiro atoms. The van der Waals surface area contributed by atoms with Crippen LogP contribution in [0.25, 0.3) is 0 Å². The Hall–Kier alpha value is -0.120. The molecule has 1 aliphatic carbocycles. The molecular weight excluding hydrogens is 164 g/mol. The Morgan fingerprint density at radius 1 is 1.62 bits per heavy atom. The maximum Gasteiger partial charge on any atom is 0.0705 e. The largest absolute Gasteiger partial charge is 0.380 e. The van der Waals surface area contributed by atoms with Crippen molar-refractivity contribution in [3.63, 3.8) is 0 Å². The van der Waals surface area contributed by atoms with Crippen molar-refractivity contribution in [2.45, 2.75) is 38.8 Å². The molecule has 0 saturated heterocycles. The zero-order chi connectivity index (χ0) is 9.90. The molecule has 0 aliphatic heterocycles. The molecule has 78 valence electrons. The normalized spacial score (nSPS) is 27.2. The molecule has 0 amide bonds. The SMILES string of the molecule is COC(CN)CCNC1CC1(C)C. The molecule has 13 heavy (non-hydrogen) atoms. The van der Waals surface area contributed by atoms with Crippen molar-refractivity contribution in [2.75, 3.05) is 20.2 Å². The summed E-state index contributed by atoms with van der Waals surface area (Å²) in [7, 11) is 1.72. The van der Waals surface area contributed by atoms with E-state index in [0.717, 1.165) is 13.0 Å². The molecular formula is C10H22N2O. The van der Waals surface area contributed by atoms with Gasteiger partial charge in [0.2, 0.25) is 0 Å². The number of rotatable bonds is 6. The summed E-state index contributed by atoms with van der Waals surface area (Å²) in [5.41, 5.74) is 6.04. The fraction of sp³-hybridized carbons (Fsp3) is 1.00. The van der Waals surface area contributed by atoms with Crippen molar-refractivity contribution in [2.24, 2.45) is 11.1 Å². The summed E-state index contributed by atoms with van der Waals surface area (Å²) in [4.78, 5) is 0. The van der Waals surface area contributed by atoms with Gasteiger partial charge in [0, 0.05) is 19.7 Å². The van der Waals surface area contributed by atoms with E-state index in [2.05, 4.69) is 19.2 Å². The van der Waals surface area contributed by atoms with Gasteiger partial charge in [0.25, 0.3) is 0 Å². The summed E-state index contributed by atoms with van der Waals surface area (Å²) >= 11 is 0. The van der Waals surface area contributed by atoms with Crippen LogP contribution < -0.4 is 11.1 Å². The standard InChI is InChI=1S/C10H22N2O/c1-10(2)6-9(10)12-5-4-8(7-11)13-3/h8-9,12H,4-7,11H2,1-3H3. The van der Waals surface area contributed by atoms with E-state index in [1.54, 1.807) is 7.11 Å².